The Bertz CT molecular complexity index is 273. The highest BCUT2D eigenvalue weighted by molar-refractivity contribution is 7.99. The van der Waals surface area contributed by atoms with Crippen LogP contribution in [-0.4, -0.2) is 41.3 Å². The predicted octanol–water partition coefficient (Wildman–Crippen LogP) is 3.19. The number of carbonyl (C=O) groups is 1. The standard InChI is InChI=1S/C9H18FN2O3PS/c1-5-12(17-11(4)8(10)13)16-14-6-9(2,3)7-15-16/h5-7H2,1-4H3. The van der Waals surface area contributed by atoms with E-state index in [0.29, 0.717) is 19.8 Å². The summed E-state index contributed by atoms with van der Waals surface area (Å²) < 4.78 is 26.3. The summed E-state index contributed by atoms with van der Waals surface area (Å²) in [6.45, 7) is 7.82. The van der Waals surface area contributed by atoms with Crippen molar-refractivity contribution in [3.63, 3.8) is 0 Å². The molecule has 5 nitrogen and oxygen atoms in total. The molecule has 0 bridgehead atoms. The van der Waals surface area contributed by atoms with Crippen molar-refractivity contribution in [1.29, 1.82) is 0 Å². The number of nitrogens with zero attached hydrogens (tertiary/aromatic N) is 2. The second kappa shape index (κ2) is 6.29. The van der Waals surface area contributed by atoms with Crippen LogP contribution in [0.4, 0.5) is 9.18 Å². The number of hydrogen-bond donors (Lipinski definition) is 0. The lowest BCUT2D eigenvalue weighted by molar-refractivity contribution is 0.0525. The maximum Gasteiger partial charge on any atom is 0.410 e. The number of amides is 1. The van der Waals surface area contributed by atoms with Crippen LogP contribution >= 0.6 is 20.7 Å². The molecule has 0 saturated carbocycles. The van der Waals surface area contributed by atoms with E-state index in [0.717, 1.165) is 16.4 Å². The fraction of sp³-hybridized carbons (Fsp3) is 0.889. The van der Waals surface area contributed by atoms with Gasteiger partial charge in [0, 0.05) is 19.0 Å². The predicted molar refractivity (Wildman–Crippen MR) is 66.8 cm³/mol. The van der Waals surface area contributed by atoms with Crippen LogP contribution in [0.5, 0.6) is 0 Å². The van der Waals surface area contributed by atoms with E-state index < -0.39 is 14.7 Å². The van der Waals surface area contributed by atoms with Crippen LogP contribution in [0, 0.1) is 5.41 Å². The lowest BCUT2D eigenvalue weighted by atomic mass is 9.97. The summed E-state index contributed by atoms with van der Waals surface area (Å²) in [5.74, 6) is 0. The minimum absolute atomic E-state index is 0.00468. The van der Waals surface area contributed by atoms with Gasteiger partial charge in [-0.25, -0.2) is 9.10 Å². The molecule has 1 aliphatic rings. The molecule has 0 aliphatic carbocycles. The lowest BCUT2D eigenvalue weighted by Crippen LogP contribution is -2.32. The molecule has 1 rings (SSSR count). The SMILES string of the molecule is CCN(SN(C)C(=O)F)P1OCC(C)(C)CO1. The van der Waals surface area contributed by atoms with E-state index in [1.807, 2.05) is 6.92 Å². The summed E-state index contributed by atoms with van der Waals surface area (Å²) in [5.41, 5.74) is 0.00468. The molecule has 0 aromatic heterocycles. The summed E-state index contributed by atoms with van der Waals surface area (Å²) in [5, 5.41) is 0. The topological polar surface area (TPSA) is 42.0 Å². The van der Waals surface area contributed by atoms with Crippen LogP contribution in [0.1, 0.15) is 20.8 Å². The Morgan fingerprint density at radius 3 is 2.41 bits per heavy atom. The molecular weight excluding hydrogens is 266 g/mol. The summed E-state index contributed by atoms with van der Waals surface area (Å²) in [6.07, 6.45) is -1.49. The van der Waals surface area contributed by atoms with Gasteiger partial charge in [0.25, 0.3) is 8.53 Å². The van der Waals surface area contributed by atoms with Gasteiger partial charge in [-0.15, -0.1) is 4.39 Å². The van der Waals surface area contributed by atoms with Crippen molar-refractivity contribution in [1.82, 2.24) is 8.38 Å². The van der Waals surface area contributed by atoms with E-state index >= 15 is 0 Å². The Kier molecular flexibility index (Phi) is 5.60. The van der Waals surface area contributed by atoms with Crippen molar-refractivity contribution in [2.24, 2.45) is 5.41 Å². The average molecular weight is 284 g/mol. The Balaban J connectivity index is 2.49. The molecule has 17 heavy (non-hydrogen) atoms. The van der Waals surface area contributed by atoms with Gasteiger partial charge >= 0.3 is 6.16 Å². The van der Waals surface area contributed by atoms with Crippen LogP contribution in [0.2, 0.25) is 0 Å². The largest absolute Gasteiger partial charge is 0.410 e. The van der Waals surface area contributed by atoms with E-state index in [9.17, 15) is 9.18 Å². The van der Waals surface area contributed by atoms with Crippen LogP contribution in [0.25, 0.3) is 0 Å². The Labute approximate surface area is 107 Å². The highest BCUT2D eigenvalue weighted by Gasteiger charge is 2.34. The van der Waals surface area contributed by atoms with E-state index in [-0.39, 0.29) is 5.41 Å². The molecule has 0 aromatic rings. The Hall–Kier alpha value is 0.0600. The Morgan fingerprint density at radius 2 is 2.00 bits per heavy atom. The van der Waals surface area contributed by atoms with E-state index in [1.54, 1.807) is 4.08 Å². The smallest absolute Gasteiger partial charge is 0.321 e. The van der Waals surface area contributed by atoms with Crippen LogP contribution in [-0.2, 0) is 9.05 Å². The van der Waals surface area contributed by atoms with Crippen molar-refractivity contribution >= 4 is 26.8 Å². The molecule has 1 fully saturated rings. The first kappa shape index (κ1) is 15.1. The minimum atomic E-state index is -1.49. The maximum atomic E-state index is 12.4. The van der Waals surface area contributed by atoms with Gasteiger partial charge in [-0.3, -0.25) is 0 Å². The first-order valence-electron chi connectivity index (χ1n) is 5.30. The molecular formula is C9H18FN2O3PS. The first-order valence-corrected chi connectivity index (χ1v) is 7.16. The highest BCUT2D eigenvalue weighted by Crippen LogP contribution is 2.52. The van der Waals surface area contributed by atoms with Crippen molar-refractivity contribution in [2.45, 2.75) is 20.8 Å². The number of hydrogen-bond acceptors (Lipinski definition) is 5. The van der Waals surface area contributed by atoms with Gasteiger partial charge in [0.05, 0.1) is 25.3 Å². The van der Waals surface area contributed by atoms with Crippen molar-refractivity contribution in [2.75, 3.05) is 26.8 Å². The molecule has 0 N–H and O–H groups in total. The molecule has 1 saturated heterocycles. The first-order chi connectivity index (χ1) is 7.85. The zero-order valence-electron chi connectivity index (χ0n) is 10.5. The minimum Gasteiger partial charge on any atom is -0.321 e. The zero-order valence-corrected chi connectivity index (χ0v) is 12.2. The molecule has 100 valence electrons. The second-order valence-corrected chi connectivity index (χ2v) is 7.35. The van der Waals surface area contributed by atoms with Crippen LogP contribution in [0.3, 0.4) is 0 Å². The molecule has 1 aliphatic heterocycles. The molecule has 0 radical (unpaired) electrons. The average Bonchev–Trinajstić information content (AvgIpc) is 2.26. The van der Waals surface area contributed by atoms with Gasteiger partial charge < -0.3 is 9.05 Å². The highest BCUT2D eigenvalue weighted by atomic mass is 32.2. The zero-order chi connectivity index (χ0) is 13.1. The van der Waals surface area contributed by atoms with Gasteiger partial charge in [-0.1, -0.05) is 20.8 Å². The van der Waals surface area contributed by atoms with Gasteiger partial charge in [0.1, 0.15) is 0 Å². The van der Waals surface area contributed by atoms with Gasteiger partial charge in [0.15, 0.2) is 0 Å². The van der Waals surface area contributed by atoms with Crippen LogP contribution in [0.15, 0.2) is 0 Å². The number of carbonyl (C=O) groups excluding carboxylic acids is 1. The fourth-order valence-corrected chi connectivity index (χ4v) is 3.84. The quantitative estimate of drug-likeness (QED) is 0.343. The monoisotopic (exact) mass is 284 g/mol. The molecule has 1 amide bonds. The maximum absolute atomic E-state index is 12.4. The molecule has 8 heteroatoms. The van der Waals surface area contributed by atoms with Crippen LogP contribution < -0.4 is 0 Å². The summed E-state index contributed by atoms with van der Waals surface area (Å²) in [7, 11) is 0.159. The molecule has 0 unspecified atom stereocenters. The van der Waals surface area contributed by atoms with Gasteiger partial charge in [-0.2, -0.15) is 4.08 Å². The van der Waals surface area contributed by atoms with Gasteiger partial charge in [-0.05, 0) is 0 Å². The number of rotatable bonds is 4. The number of halogens is 1. The van der Waals surface area contributed by atoms with Crippen molar-refractivity contribution in [3.05, 3.63) is 0 Å². The summed E-state index contributed by atoms with van der Waals surface area (Å²) in [4.78, 5) is 10.5. The molecule has 0 aromatic carbocycles. The van der Waals surface area contributed by atoms with Crippen molar-refractivity contribution in [3.8, 4) is 0 Å². The third-order valence-electron chi connectivity index (χ3n) is 2.05. The van der Waals surface area contributed by atoms with E-state index in [2.05, 4.69) is 13.8 Å². The van der Waals surface area contributed by atoms with Gasteiger partial charge in [0.2, 0.25) is 0 Å². The second-order valence-electron chi connectivity index (χ2n) is 4.45. The van der Waals surface area contributed by atoms with Crippen molar-refractivity contribution < 1.29 is 18.2 Å². The normalized spacial score (nSPS) is 20.6. The third kappa shape index (κ3) is 4.67. The van der Waals surface area contributed by atoms with E-state index in [1.165, 1.54) is 7.05 Å². The molecule has 0 spiro atoms. The third-order valence-corrected chi connectivity index (χ3v) is 4.85. The fourth-order valence-electron chi connectivity index (χ4n) is 1.04. The van der Waals surface area contributed by atoms with E-state index in [4.69, 9.17) is 9.05 Å². The lowest BCUT2D eigenvalue weighted by Gasteiger charge is -2.37. The summed E-state index contributed by atoms with van der Waals surface area (Å²) >= 11 is 0.980. The Morgan fingerprint density at radius 1 is 1.47 bits per heavy atom. The summed E-state index contributed by atoms with van der Waals surface area (Å²) in [6, 6.07) is 0. The molecule has 1 heterocycles. The molecule has 0 atom stereocenters.